The molecule has 4 heterocycles. The van der Waals surface area contributed by atoms with E-state index in [4.69, 9.17) is 159 Å². The molecule has 4 aliphatic heterocycles. The minimum atomic E-state index is -2.74. The molecular weight excluding hydrogens is 1560 g/mol. The number of benzene rings is 8. The van der Waals surface area contributed by atoms with E-state index in [-0.39, 0.29) is 71.7 Å². The van der Waals surface area contributed by atoms with Crippen LogP contribution in [-0.2, 0) is 77.7 Å². The number of rotatable bonds is 23. The average Bonchev–Trinajstić information content (AvgIpc) is 0.755. The molecule has 31 heteroatoms. The minimum absolute atomic E-state index is 0.0102. The van der Waals surface area contributed by atoms with Crippen LogP contribution >= 0.6 is 92.8 Å². The van der Waals surface area contributed by atoms with Crippen molar-refractivity contribution in [2.45, 2.75) is 109 Å². The predicted molar refractivity (Wildman–Crippen MR) is 386 cm³/mol. The summed E-state index contributed by atoms with van der Waals surface area (Å²) >= 11 is 50.3. The molecule has 8 aromatic carbocycles. The van der Waals surface area contributed by atoms with Crippen LogP contribution < -0.4 is 5.32 Å². The molecule has 12 rings (SSSR count). The maximum Gasteiger partial charge on any atom is 0.338 e. The number of aliphatic hydroxyl groups excluding tert-OH is 1. The second-order valence-electron chi connectivity index (χ2n) is 24.4. The van der Waals surface area contributed by atoms with Crippen LogP contribution in [-0.4, -0.2) is 162 Å². The summed E-state index contributed by atoms with van der Waals surface area (Å²) in [6.45, 7) is -2.40. The van der Waals surface area contributed by atoms with Crippen LogP contribution in [0.25, 0.3) is 0 Å². The molecule has 558 valence electrons. The van der Waals surface area contributed by atoms with E-state index < -0.39 is 157 Å². The third kappa shape index (κ3) is 20.1. The number of amides is 1. The first kappa shape index (κ1) is 78.6. The van der Waals surface area contributed by atoms with Gasteiger partial charge in [-0.2, -0.15) is 0 Å². The van der Waals surface area contributed by atoms with Gasteiger partial charge in [-0.3, -0.25) is 4.79 Å². The number of fused-ring (bicyclic) bond motifs is 1. The fourth-order valence-corrected chi connectivity index (χ4v) is 12.6. The molecule has 2 N–H and O–H groups in total. The standard InChI is InChI=1S/C76H61Cl8NO22/c77-48-26-16-42(17-27-48)65(87)94-37-54-59(101-67(89)41-12-6-2-7-13-41)62(107-72-56(85-75(93)76(82,83)84)57(86)58-53(98-72)39-97-71(105-58)47-14-8-3-9-15-47)64(104-70(92)46-24-34-52(81)35-25-46)74(100-54)106-60-55(38-95-66(88)43-18-28-49(78)29-19-43)99-73(96-36-40-10-4-1-5-11-40)63(103-69(91)45-22-32-51(80)33-23-45)61(60)102-68(90)44-20-30-50(79)31-21-44/h1-35,53-64,71-74,86H,36-39H2,(H,85,93)/t53-,54-,55-,56-,57-,58-,59+,60-,61+,62+,63-,64-,71?,72+,73-,74+/m1/s1. The van der Waals surface area contributed by atoms with Crippen LogP contribution in [0.15, 0.2) is 212 Å². The summed E-state index contributed by atoms with van der Waals surface area (Å²) in [5.74, 6) is -7.78. The van der Waals surface area contributed by atoms with E-state index in [2.05, 4.69) is 5.32 Å². The van der Waals surface area contributed by atoms with Crippen LogP contribution in [0.3, 0.4) is 0 Å². The fourth-order valence-electron chi connectivity index (χ4n) is 11.8. The third-order valence-corrected chi connectivity index (χ3v) is 18.9. The van der Waals surface area contributed by atoms with E-state index >= 15 is 9.59 Å². The zero-order chi connectivity index (χ0) is 75.5. The number of halogens is 8. The summed E-state index contributed by atoms with van der Waals surface area (Å²) in [7, 11) is 0. The Morgan fingerprint density at radius 1 is 0.411 bits per heavy atom. The van der Waals surface area contributed by atoms with Crippen LogP contribution in [0.1, 0.15) is 79.6 Å². The number of alkyl halides is 3. The quantitative estimate of drug-likeness (QED) is 0.0342. The zero-order valence-corrected chi connectivity index (χ0v) is 61.4. The molecule has 16 atom stereocenters. The Morgan fingerprint density at radius 2 is 0.794 bits per heavy atom. The molecule has 8 aromatic rings. The van der Waals surface area contributed by atoms with Crippen molar-refractivity contribution >= 4 is 135 Å². The normalized spacial score (nSPS) is 25.5. The highest BCUT2D eigenvalue weighted by molar-refractivity contribution is 6.76. The van der Waals surface area contributed by atoms with E-state index in [9.17, 15) is 29.1 Å². The molecule has 0 aliphatic carbocycles. The van der Waals surface area contributed by atoms with Gasteiger partial charge in [0.1, 0.15) is 62.0 Å². The van der Waals surface area contributed by atoms with Crippen molar-refractivity contribution in [3.63, 3.8) is 0 Å². The lowest BCUT2D eigenvalue weighted by Crippen LogP contribution is -2.71. The number of esters is 6. The SMILES string of the molecule is O=C(OC[C@H]1O[C@@H](O[C@H]2[C@H](OC(=O)c3ccc(Cl)cc3)[C@@H](OC(=O)c3ccc(Cl)cc3)[C@H](OCc3ccccc3)O[C@@H]2COC(=O)c2ccc(Cl)cc2)[C@H](OC(=O)c2ccc(Cl)cc2)[C@@H](O[C@@H]2O[C@@H]3COC(c4ccccc4)O[C@H]3[C@H](O)[C@H]2NC(=O)C(Cl)(Cl)Cl)[C@H]1OC(=O)c1ccccc1)c1ccc(Cl)cc1. The number of hydrogen-bond donors (Lipinski definition) is 2. The van der Waals surface area contributed by atoms with Gasteiger partial charge < -0.3 is 76.7 Å². The highest BCUT2D eigenvalue weighted by Gasteiger charge is 2.60. The summed E-state index contributed by atoms with van der Waals surface area (Å²) in [6.07, 6.45) is -28.2. The molecule has 4 aliphatic rings. The van der Waals surface area contributed by atoms with Gasteiger partial charge in [0.15, 0.2) is 49.6 Å². The molecule has 4 saturated heterocycles. The fraction of sp³-hybridized carbons (Fsp3) is 0.276. The molecule has 4 fully saturated rings. The zero-order valence-electron chi connectivity index (χ0n) is 55.3. The van der Waals surface area contributed by atoms with Gasteiger partial charge in [-0.25, -0.2) is 28.8 Å². The maximum absolute atomic E-state index is 15.3. The monoisotopic (exact) mass is 1620 g/mol. The van der Waals surface area contributed by atoms with Crippen molar-refractivity contribution in [1.29, 1.82) is 0 Å². The predicted octanol–water partition coefficient (Wildman–Crippen LogP) is 13.4. The first-order valence-electron chi connectivity index (χ1n) is 32.8. The van der Waals surface area contributed by atoms with Crippen molar-refractivity contribution in [2.75, 3.05) is 19.8 Å². The molecule has 0 bridgehead atoms. The lowest BCUT2D eigenvalue weighted by molar-refractivity contribution is -0.383. The number of nitrogens with one attached hydrogen (secondary N) is 1. The molecule has 23 nitrogen and oxygen atoms in total. The van der Waals surface area contributed by atoms with Gasteiger partial charge in [0, 0.05) is 30.7 Å². The van der Waals surface area contributed by atoms with Crippen LogP contribution in [0.4, 0.5) is 0 Å². The van der Waals surface area contributed by atoms with Gasteiger partial charge >= 0.3 is 35.8 Å². The van der Waals surface area contributed by atoms with E-state index in [0.717, 1.165) is 0 Å². The van der Waals surface area contributed by atoms with Crippen LogP contribution in [0.2, 0.25) is 25.1 Å². The van der Waals surface area contributed by atoms with Crippen molar-refractivity contribution in [1.82, 2.24) is 5.32 Å². The molecule has 0 aromatic heterocycles. The second kappa shape index (κ2) is 36.0. The number of carbonyl (C=O) groups is 7. The average molecular weight is 1620 g/mol. The van der Waals surface area contributed by atoms with E-state index in [1.165, 1.54) is 146 Å². The van der Waals surface area contributed by atoms with E-state index in [1.54, 1.807) is 66.7 Å². The highest BCUT2D eigenvalue weighted by Crippen LogP contribution is 2.41. The van der Waals surface area contributed by atoms with Crippen LogP contribution in [0.5, 0.6) is 0 Å². The summed E-state index contributed by atoms with van der Waals surface area (Å²) in [5.41, 5.74) is 0.553. The first-order chi connectivity index (χ1) is 51.5. The summed E-state index contributed by atoms with van der Waals surface area (Å²) in [4.78, 5) is 103. The molecule has 0 radical (unpaired) electrons. The largest absolute Gasteiger partial charge is 0.459 e. The van der Waals surface area contributed by atoms with Gasteiger partial charge in [-0.15, -0.1) is 0 Å². The smallest absolute Gasteiger partial charge is 0.338 e. The lowest BCUT2D eigenvalue weighted by Gasteiger charge is -2.51. The number of hydrogen-bond acceptors (Lipinski definition) is 22. The Labute approximate surface area is 651 Å². The number of aliphatic hydroxyl groups is 1. The lowest BCUT2D eigenvalue weighted by atomic mass is 9.94. The topological polar surface area (TPSA) is 281 Å². The Hall–Kier alpha value is -7.99. The van der Waals surface area contributed by atoms with Gasteiger partial charge in [0.25, 0.3) is 9.70 Å². The number of ether oxygens (including phenoxy) is 14. The number of carbonyl (C=O) groups excluding carboxylic acids is 7. The molecule has 1 amide bonds. The summed E-state index contributed by atoms with van der Waals surface area (Å²) in [6, 6.07) is 50.4. The van der Waals surface area contributed by atoms with Crippen molar-refractivity contribution in [2.24, 2.45) is 0 Å². The Morgan fingerprint density at radius 3 is 1.26 bits per heavy atom. The van der Waals surface area contributed by atoms with Gasteiger partial charge in [-0.05, 0) is 139 Å². The van der Waals surface area contributed by atoms with Gasteiger partial charge in [0.05, 0.1) is 46.6 Å². The van der Waals surface area contributed by atoms with Gasteiger partial charge in [0.2, 0.25) is 0 Å². The Kier molecular flexibility index (Phi) is 26.5. The Balaban J connectivity index is 1.04. The van der Waals surface area contributed by atoms with Crippen molar-refractivity contribution in [3.8, 4) is 0 Å². The van der Waals surface area contributed by atoms with Gasteiger partial charge in [-0.1, -0.05) is 172 Å². The summed E-state index contributed by atoms with van der Waals surface area (Å²) in [5, 5.41) is 16.4. The molecular formula is C76H61Cl8NO22. The Bertz CT molecular complexity index is 4390. The first-order valence-corrected chi connectivity index (χ1v) is 35.8. The van der Waals surface area contributed by atoms with E-state index in [0.29, 0.717) is 11.1 Å². The van der Waals surface area contributed by atoms with E-state index in [1.807, 2.05) is 0 Å². The second-order valence-corrected chi connectivity index (χ2v) is 28.8. The molecule has 1 unspecified atom stereocenters. The molecule has 0 spiro atoms. The summed E-state index contributed by atoms with van der Waals surface area (Å²) < 4.78 is 89.1. The molecule has 0 saturated carbocycles. The minimum Gasteiger partial charge on any atom is -0.459 e. The maximum atomic E-state index is 15.3. The van der Waals surface area contributed by atoms with Crippen molar-refractivity contribution in [3.05, 3.63) is 282 Å². The highest BCUT2D eigenvalue weighted by atomic mass is 35.6. The molecule has 107 heavy (non-hydrogen) atoms. The van der Waals surface area contributed by atoms with Crippen LogP contribution in [0, 0.1) is 0 Å². The third-order valence-electron chi connectivity index (χ3n) is 17.2. The van der Waals surface area contributed by atoms with Crippen molar-refractivity contribution < 1.29 is 105 Å².